The van der Waals surface area contributed by atoms with E-state index in [-0.39, 0.29) is 43.0 Å². The summed E-state index contributed by atoms with van der Waals surface area (Å²) >= 11 is 0. The van der Waals surface area contributed by atoms with Crippen molar-refractivity contribution in [2.24, 2.45) is 11.8 Å². The molecular weight excluding hydrogens is 652 g/mol. The van der Waals surface area contributed by atoms with Crippen molar-refractivity contribution in [3.63, 3.8) is 0 Å². The molecule has 0 spiro atoms. The molecule has 3 aliphatic heterocycles. The summed E-state index contributed by atoms with van der Waals surface area (Å²) in [6.45, 7) is 14.2. The van der Waals surface area contributed by atoms with Crippen LogP contribution in [0.3, 0.4) is 0 Å². The number of hydrogen-bond donors (Lipinski definition) is 3. The van der Waals surface area contributed by atoms with Gasteiger partial charge in [0.1, 0.15) is 11.7 Å². The first-order chi connectivity index (χ1) is 24.2. The fourth-order valence-electron chi connectivity index (χ4n) is 7.91. The molecule has 290 valence electrons. The fourth-order valence-corrected chi connectivity index (χ4v) is 7.91. The second-order valence-electron chi connectivity index (χ2n) is 16.0. The Kier molecular flexibility index (Phi) is 15.2. The maximum absolute atomic E-state index is 13.6. The number of carbonyl (C=O) groups is 2. The van der Waals surface area contributed by atoms with Crippen molar-refractivity contribution in [2.45, 2.75) is 160 Å². The van der Waals surface area contributed by atoms with E-state index in [9.17, 15) is 24.9 Å². The Morgan fingerprint density at radius 3 is 2.49 bits per heavy atom. The molecule has 0 aromatic carbocycles. The molecule has 10 unspecified atom stereocenters. The zero-order valence-electron chi connectivity index (χ0n) is 32.2. The normalized spacial score (nSPS) is 35.2. The van der Waals surface area contributed by atoms with Gasteiger partial charge in [-0.05, 0) is 64.5 Å². The molecule has 11 nitrogen and oxygen atoms in total. The summed E-state index contributed by atoms with van der Waals surface area (Å²) in [6.07, 6.45) is 13.5. The van der Waals surface area contributed by atoms with E-state index in [1.165, 1.54) is 32.1 Å². The van der Waals surface area contributed by atoms with Gasteiger partial charge < -0.3 is 39.2 Å². The van der Waals surface area contributed by atoms with Crippen LogP contribution < -0.4 is 0 Å². The summed E-state index contributed by atoms with van der Waals surface area (Å²) in [4.78, 5) is 30.9. The van der Waals surface area contributed by atoms with Crippen LogP contribution in [0.1, 0.15) is 106 Å². The average molecular weight is 719 g/mol. The van der Waals surface area contributed by atoms with E-state index in [1.807, 2.05) is 52.8 Å². The number of amides is 1. The minimum absolute atomic E-state index is 0.00248. The van der Waals surface area contributed by atoms with Crippen LogP contribution in [0.25, 0.3) is 0 Å². The minimum atomic E-state index is -1.14. The number of esters is 1. The molecule has 0 bridgehead atoms. The van der Waals surface area contributed by atoms with E-state index < -0.39 is 41.6 Å². The Hall–Kier alpha value is -2.28. The molecule has 0 aromatic heterocycles. The van der Waals surface area contributed by atoms with Crippen LogP contribution in [0.2, 0.25) is 0 Å². The van der Waals surface area contributed by atoms with Crippen molar-refractivity contribution in [2.75, 3.05) is 33.3 Å². The number of ether oxygens (including phenoxy) is 4. The molecule has 3 N–H and O–H groups in total. The molecule has 51 heavy (non-hydrogen) atoms. The SMILES string of the molecule is CCC(O)C(C)C1OC1CC(C)(O)/C=C/C=C(\C)C1OC(=O)CC(O)CCC(C)(OC)C(OC(=O)N2CCN(C3CCCCC3)CC2)/C=C/C1C. The summed E-state index contributed by atoms with van der Waals surface area (Å²) < 4.78 is 23.9. The lowest BCUT2D eigenvalue weighted by molar-refractivity contribution is -0.151. The molecular formula is C40H66N2O9. The standard InChI is InChI=1S/C40H66N2O9/c1-8-32(44)29(4)37-33(49-37)26-39(5,47)19-12-13-27(2)36-28(3)16-17-34(40(6,48-7)20-18-31(43)25-35(45)51-36)50-38(46)42-23-21-41(22-24-42)30-14-10-9-11-15-30/h12-13,16-17,19,28-34,36-37,43-44,47H,8-11,14-15,18,20-26H2,1-7H3/b17-16+,19-12+,27-13+. The van der Waals surface area contributed by atoms with Gasteiger partial charge in [-0.2, -0.15) is 0 Å². The number of aliphatic hydroxyl groups is 3. The predicted molar refractivity (Wildman–Crippen MR) is 196 cm³/mol. The van der Waals surface area contributed by atoms with Gasteiger partial charge in [-0.25, -0.2) is 4.79 Å². The topological polar surface area (TPSA) is 142 Å². The zero-order valence-corrected chi connectivity index (χ0v) is 32.2. The minimum Gasteiger partial charge on any atom is -0.457 e. The molecule has 3 fully saturated rings. The number of methoxy groups -OCH3 is 1. The van der Waals surface area contributed by atoms with E-state index in [2.05, 4.69) is 4.90 Å². The highest BCUT2D eigenvalue weighted by atomic mass is 16.6. The first kappa shape index (κ1) is 41.5. The van der Waals surface area contributed by atoms with Crippen LogP contribution >= 0.6 is 0 Å². The van der Waals surface area contributed by atoms with Crippen molar-refractivity contribution < 1.29 is 43.9 Å². The van der Waals surface area contributed by atoms with Crippen LogP contribution in [0.5, 0.6) is 0 Å². The summed E-state index contributed by atoms with van der Waals surface area (Å²) in [5.74, 6) is -0.826. The first-order valence-electron chi connectivity index (χ1n) is 19.4. The third-order valence-electron chi connectivity index (χ3n) is 11.7. The molecule has 10 atom stereocenters. The second kappa shape index (κ2) is 18.7. The third kappa shape index (κ3) is 11.9. The number of allylic oxidation sites excluding steroid dienone is 2. The van der Waals surface area contributed by atoms with Gasteiger partial charge in [0.15, 0.2) is 6.10 Å². The predicted octanol–water partition coefficient (Wildman–Crippen LogP) is 5.31. The van der Waals surface area contributed by atoms with Crippen LogP contribution in [-0.4, -0.2) is 124 Å². The highest BCUT2D eigenvalue weighted by molar-refractivity contribution is 5.70. The van der Waals surface area contributed by atoms with Gasteiger partial charge in [0, 0.05) is 57.6 Å². The molecule has 1 amide bonds. The van der Waals surface area contributed by atoms with E-state index in [0.717, 1.165) is 18.7 Å². The fraction of sp³-hybridized carbons (Fsp3) is 0.800. The Labute approximate surface area is 306 Å². The number of nitrogens with zero attached hydrogens (tertiary/aromatic N) is 2. The molecule has 1 saturated carbocycles. The lowest BCUT2D eigenvalue weighted by Gasteiger charge is -2.41. The molecule has 4 rings (SSSR count). The Bertz CT molecular complexity index is 1220. The second-order valence-corrected chi connectivity index (χ2v) is 16.0. The number of rotatable bonds is 11. The quantitative estimate of drug-likeness (QED) is 0.111. The van der Waals surface area contributed by atoms with Gasteiger partial charge in [-0.1, -0.05) is 64.3 Å². The summed E-state index contributed by atoms with van der Waals surface area (Å²) in [7, 11) is 1.58. The van der Waals surface area contributed by atoms with E-state index in [0.29, 0.717) is 38.4 Å². The number of hydrogen-bond acceptors (Lipinski definition) is 10. The van der Waals surface area contributed by atoms with Crippen molar-refractivity contribution in [3.8, 4) is 0 Å². The van der Waals surface area contributed by atoms with Crippen molar-refractivity contribution >= 4 is 12.1 Å². The van der Waals surface area contributed by atoms with Crippen LogP contribution in [0.4, 0.5) is 4.79 Å². The molecule has 3 heterocycles. The summed E-state index contributed by atoms with van der Waals surface area (Å²) in [5.41, 5.74) is -1.33. The van der Waals surface area contributed by atoms with Gasteiger partial charge >= 0.3 is 12.1 Å². The van der Waals surface area contributed by atoms with Crippen LogP contribution in [0, 0.1) is 11.8 Å². The molecule has 2 saturated heterocycles. The van der Waals surface area contributed by atoms with Gasteiger partial charge in [0.05, 0.1) is 36.4 Å². The van der Waals surface area contributed by atoms with E-state index in [1.54, 1.807) is 31.1 Å². The molecule has 4 aliphatic rings. The maximum atomic E-state index is 13.6. The Morgan fingerprint density at radius 2 is 1.84 bits per heavy atom. The smallest absolute Gasteiger partial charge is 0.410 e. The highest BCUT2D eigenvalue weighted by Gasteiger charge is 2.47. The van der Waals surface area contributed by atoms with Crippen LogP contribution in [0.15, 0.2) is 36.0 Å². The Morgan fingerprint density at radius 1 is 1.16 bits per heavy atom. The summed E-state index contributed by atoms with van der Waals surface area (Å²) in [6, 6.07) is 0.610. The van der Waals surface area contributed by atoms with Crippen molar-refractivity contribution in [1.29, 1.82) is 0 Å². The number of aliphatic hydroxyl groups excluding tert-OH is 2. The largest absolute Gasteiger partial charge is 0.457 e. The lowest BCUT2D eigenvalue weighted by Crippen LogP contribution is -2.54. The number of cyclic esters (lactones) is 1. The average Bonchev–Trinajstić information content (AvgIpc) is 3.88. The van der Waals surface area contributed by atoms with Gasteiger partial charge in [-0.15, -0.1) is 0 Å². The first-order valence-corrected chi connectivity index (χ1v) is 19.4. The monoisotopic (exact) mass is 718 g/mol. The van der Waals surface area contributed by atoms with Crippen molar-refractivity contribution in [1.82, 2.24) is 9.80 Å². The van der Waals surface area contributed by atoms with E-state index >= 15 is 0 Å². The molecule has 0 radical (unpaired) electrons. The molecule has 1 aliphatic carbocycles. The van der Waals surface area contributed by atoms with E-state index in [4.69, 9.17) is 18.9 Å². The number of epoxide rings is 1. The van der Waals surface area contributed by atoms with Crippen molar-refractivity contribution in [3.05, 3.63) is 36.0 Å². The highest BCUT2D eigenvalue weighted by Crippen LogP contribution is 2.38. The number of piperazine rings is 1. The Balaban J connectivity index is 1.45. The summed E-state index contributed by atoms with van der Waals surface area (Å²) in [5, 5.41) is 32.1. The van der Waals surface area contributed by atoms with Gasteiger partial charge in [0.25, 0.3) is 0 Å². The lowest BCUT2D eigenvalue weighted by atomic mass is 9.88. The van der Waals surface area contributed by atoms with Gasteiger partial charge in [0.2, 0.25) is 0 Å². The maximum Gasteiger partial charge on any atom is 0.410 e. The molecule has 11 heteroatoms. The van der Waals surface area contributed by atoms with Crippen LogP contribution in [-0.2, 0) is 23.7 Å². The molecule has 0 aromatic rings. The third-order valence-corrected chi connectivity index (χ3v) is 11.7. The number of carbonyl (C=O) groups excluding carboxylic acids is 2. The zero-order chi connectivity index (χ0) is 37.3. The van der Waals surface area contributed by atoms with Gasteiger partial charge in [-0.3, -0.25) is 9.69 Å².